The zero-order chi connectivity index (χ0) is 14.4. The smallest absolute Gasteiger partial charge is 0.411 e. The number of aryl methyl sites for hydroxylation is 1. The van der Waals surface area contributed by atoms with E-state index in [2.05, 4.69) is 10.5 Å². The Morgan fingerprint density at radius 2 is 2.21 bits per heavy atom. The summed E-state index contributed by atoms with van der Waals surface area (Å²) < 4.78 is 5.02. The molecule has 1 aromatic carbocycles. The van der Waals surface area contributed by atoms with Crippen molar-refractivity contribution in [2.24, 2.45) is 16.8 Å². The van der Waals surface area contributed by atoms with Crippen LogP contribution in [-0.2, 0) is 4.74 Å². The van der Waals surface area contributed by atoms with E-state index in [9.17, 15) is 4.79 Å². The van der Waals surface area contributed by atoms with Crippen LogP contribution in [0.1, 0.15) is 25.0 Å². The molecule has 1 aromatic rings. The highest BCUT2D eigenvalue weighted by Crippen LogP contribution is 2.19. The van der Waals surface area contributed by atoms with E-state index < -0.39 is 6.09 Å². The summed E-state index contributed by atoms with van der Waals surface area (Å²) in [5.41, 5.74) is 7.32. The Labute approximate surface area is 112 Å². The number of hydrogen-bond acceptors (Lipinski definition) is 4. The number of benzene rings is 1. The summed E-state index contributed by atoms with van der Waals surface area (Å²) in [5.74, 6) is 0.198. The molecule has 0 fully saturated rings. The highest BCUT2D eigenvalue weighted by atomic mass is 16.5. The van der Waals surface area contributed by atoms with Crippen LogP contribution in [0.3, 0.4) is 0 Å². The van der Waals surface area contributed by atoms with Gasteiger partial charge in [-0.1, -0.05) is 31.1 Å². The van der Waals surface area contributed by atoms with Crippen molar-refractivity contribution in [1.82, 2.24) is 0 Å². The summed E-state index contributed by atoms with van der Waals surface area (Å²) in [6.45, 7) is 6.03. The number of nitrogens with zero attached hydrogens (tertiary/aromatic N) is 1. The van der Waals surface area contributed by atoms with Crippen LogP contribution >= 0.6 is 0 Å². The van der Waals surface area contributed by atoms with Gasteiger partial charge in [-0.25, -0.2) is 4.79 Å². The van der Waals surface area contributed by atoms with Gasteiger partial charge >= 0.3 is 6.09 Å². The van der Waals surface area contributed by atoms with E-state index in [1.54, 1.807) is 25.1 Å². The minimum atomic E-state index is -0.564. The van der Waals surface area contributed by atoms with Gasteiger partial charge in [0.05, 0.1) is 12.3 Å². The van der Waals surface area contributed by atoms with Crippen molar-refractivity contribution in [3.8, 4) is 0 Å². The van der Waals surface area contributed by atoms with Crippen molar-refractivity contribution in [3.63, 3.8) is 0 Å². The van der Waals surface area contributed by atoms with Crippen LogP contribution in [0, 0.1) is 12.8 Å². The van der Waals surface area contributed by atoms with Crippen LogP contribution in [0.25, 0.3) is 0 Å². The first-order valence-corrected chi connectivity index (χ1v) is 5.97. The molecule has 0 heterocycles. The molecule has 0 aliphatic carbocycles. The van der Waals surface area contributed by atoms with Gasteiger partial charge in [-0.3, -0.25) is 5.32 Å². The number of carbonyl (C=O) groups excluding carboxylic acids is 1. The van der Waals surface area contributed by atoms with Crippen LogP contribution in [0.15, 0.2) is 23.4 Å². The fourth-order valence-electron chi connectivity index (χ4n) is 1.55. The van der Waals surface area contributed by atoms with Crippen molar-refractivity contribution in [2.75, 3.05) is 11.9 Å². The number of anilines is 1. The molecule has 6 nitrogen and oxygen atoms in total. The molecule has 0 spiro atoms. The minimum absolute atomic E-state index is 0.0581. The fourth-order valence-corrected chi connectivity index (χ4v) is 1.55. The van der Waals surface area contributed by atoms with E-state index in [0.29, 0.717) is 17.9 Å². The van der Waals surface area contributed by atoms with Gasteiger partial charge in [0.25, 0.3) is 0 Å². The largest absolute Gasteiger partial charge is 0.449 e. The number of hydrogen-bond donors (Lipinski definition) is 3. The highest BCUT2D eigenvalue weighted by molar-refractivity contribution is 6.05. The van der Waals surface area contributed by atoms with Crippen LogP contribution < -0.4 is 11.1 Å². The minimum Gasteiger partial charge on any atom is -0.449 e. The van der Waals surface area contributed by atoms with Gasteiger partial charge in [0.15, 0.2) is 5.84 Å². The molecule has 6 heteroatoms. The molecule has 1 amide bonds. The van der Waals surface area contributed by atoms with E-state index >= 15 is 0 Å². The van der Waals surface area contributed by atoms with Crippen molar-refractivity contribution < 1.29 is 14.7 Å². The lowest BCUT2D eigenvalue weighted by Gasteiger charge is -2.13. The standard InChI is InChI=1S/C13H19N3O3/c1-8(2)7-19-13(17)15-10-6-4-5-9(3)11(10)12(14)16-18/h4-6,8,18H,7H2,1-3H3,(H2,14,16)(H,15,17). The Morgan fingerprint density at radius 1 is 1.53 bits per heavy atom. The predicted octanol–water partition coefficient (Wildman–Crippen LogP) is 2.29. The van der Waals surface area contributed by atoms with E-state index in [1.165, 1.54) is 0 Å². The maximum absolute atomic E-state index is 11.6. The Hall–Kier alpha value is -2.24. The van der Waals surface area contributed by atoms with Gasteiger partial charge < -0.3 is 15.7 Å². The second-order valence-electron chi connectivity index (χ2n) is 4.60. The third-order valence-electron chi connectivity index (χ3n) is 2.42. The second-order valence-corrected chi connectivity index (χ2v) is 4.60. The number of rotatable bonds is 4. The quantitative estimate of drug-likeness (QED) is 0.337. The zero-order valence-corrected chi connectivity index (χ0v) is 11.3. The molecule has 0 aromatic heterocycles. The summed E-state index contributed by atoms with van der Waals surface area (Å²) in [4.78, 5) is 11.6. The molecule has 4 N–H and O–H groups in total. The lowest BCUT2D eigenvalue weighted by Crippen LogP contribution is -2.21. The highest BCUT2D eigenvalue weighted by Gasteiger charge is 2.13. The average molecular weight is 265 g/mol. The van der Waals surface area contributed by atoms with Crippen molar-refractivity contribution in [2.45, 2.75) is 20.8 Å². The Morgan fingerprint density at radius 3 is 2.79 bits per heavy atom. The lowest BCUT2D eigenvalue weighted by molar-refractivity contribution is 0.147. The molecular weight excluding hydrogens is 246 g/mol. The molecule has 0 aliphatic heterocycles. The van der Waals surface area contributed by atoms with E-state index in [1.807, 2.05) is 13.8 Å². The predicted molar refractivity (Wildman–Crippen MR) is 73.5 cm³/mol. The first kappa shape index (κ1) is 14.8. The van der Waals surface area contributed by atoms with Gasteiger partial charge in [0.1, 0.15) is 0 Å². The topological polar surface area (TPSA) is 96.9 Å². The average Bonchev–Trinajstić information content (AvgIpc) is 2.36. The van der Waals surface area contributed by atoms with Gasteiger partial charge in [-0.05, 0) is 24.5 Å². The molecule has 0 unspecified atom stereocenters. The molecule has 104 valence electrons. The van der Waals surface area contributed by atoms with E-state index in [4.69, 9.17) is 15.7 Å². The SMILES string of the molecule is Cc1cccc(NC(=O)OCC(C)C)c1/C(N)=N/O. The van der Waals surface area contributed by atoms with Gasteiger partial charge in [-0.2, -0.15) is 0 Å². The van der Waals surface area contributed by atoms with E-state index in [0.717, 1.165) is 5.56 Å². The summed E-state index contributed by atoms with van der Waals surface area (Å²) in [6.07, 6.45) is -0.564. The first-order valence-electron chi connectivity index (χ1n) is 5.97. The molecule has 0 saturated heterocycles. The Balaban J connectivity index is 2.89. The number of amidine groups is 1. The number of ether oxygens (including phenoxy) is 1. The fraction of sp³-hybridized carbons (Fsp3) is 0.385. The number of oxime groups is 1. The van der Waals surface area contributed by atoms with Crippen LogP contribution in [0.4, 0.5) is 10.5 Å². The molecule has 1 rings (SSSR count). The maximum Gasteiger partial charge on any atom is 0.411 e. The van der Waals surface area contributed by atoms with Crippen LogP contribution in [0.2, 0.25) is 0 Å². The molecule has 0 radical (unpaired) electrons. The maximum atomic E-state index is 11.6. The van der Waals surface area contributed by atoms with Crippen LogP contribution in [-0.4, -0.2) is 23.7 Å². The number of carbonyl (C=O) groups is 1. The summed E-state index contributed by atoms with van der Waals surface area (Å²) in [6, 6.07) is 5.23. The lowest BCUT2D eigenvalue weighted by atomic mass is 10.1. The molecule has 0 bridgehead atoms. The van der Waals surface area contributed by atoms with Gasteiger partial charge in [-0.15, -0.1) is 0 Å². The Kier molecular flexibility index (Phi) is 5.17. The van der Waals surface area contributed by atoms with E-state index in [-0.39, 0.29) is 11.8 Å². The first-order chi connectivity index (χ1) is 8.95. The molecule has 0 saturated carbocycles. The molecular formula is C13H19N3O3. The van der Waals surface area contributed by atoms with Gasteiger partial charge in [0, 0.05) is 5.56 Å². The van der Waals surface area contributed by atoms with Gasteiger partial charge in [0.2, 0.25) is 0 Å². The molecule has 0 atom stereocenters. The van der Waals surface area contributed by atoms with Crippen molar-refractivity contribution >= 4 is 17.6 Å². The van der Waals surface area contributed by atoms with Crippen molar-refractivity contribution in [1.29, 1.82) is 0 Å². The molecule has 19 heavy (non-hydrogen) atoms. The number of nitrogens with two attached hydrogens (primary N) is 1. The van der Waals surface area contributed by atoms with Crippen molar-refractivity contribution in [3.05, 3.63) is 29.3 Å². The zero-order valence-electron chi connectivity index (χ0n) is 11.3. The summed E-state index contributed by atoms with van der Waals surface area (Å²) in [5, 5.41) is 14.3. The van der Waals surface area contributed by atoms with Crippen LogP contribution in [0.5, 0.6) is 0 Å². The summed E-state index contributed by atoms with van der Waals surface area (Å²) in [7, 11) is 0. The normalized spacial score (nSPS) is 11.5. The number of amides is 1. The number of nitrogens with one attached hydrogen (secondary N) is 1. The third kappa shape index (κ3) is 4.17. The second kappa shape index (κ2) is 6.63. The monoisotopic (exact) mass is 265 g/mol. The third-order valence-corrected chi connectivity index (χ3v) is 2.42. The Bertz CT molecular complexity index is 484. The summed E-state index contributed by atoms with van der Waals surface area (Å²) >= 11 is 0. The molecule has 0 aliphatic rings.